The summed E-state index contributed by atoms with van der Waals surface area (Å²) in [7, 11) is 0. The molecule has 2 atom stereocenters. The summed E-state index contributed by atoms with van der Waals surface area (Å²) in [5.74, 6) is -0.602. The number of nitrogens with zero attached hydrogens (tertiary/aromatic N) is 2. The molecule has 2 aromatic heterocycles. The molecule has 2 N–H and O–H groups in total. The highest BCUT2D eigenvalue weighted by atomic mass is 32.1. The fourth-order valence-corrected chi connectivity index (χ4v) is 4.27. The third-order valence-electron chi connectivity index (χ3n) is 4.73. The summed E-state index contributed by atoms with van der Waals surface area (Å²) in [6, 6.07) is 11.2. The van der Waals surface area contributed by atoms with E-state index in [2.05, 4.69) is 15.6 Å². The van der Waals surface area contributed by atoms with Crippen molar-refractivity contribution >= 4 is 23.2 Å². The van der Waals surface area contributed by atoms with Crippen LogP contribution in [0.15, 0.2) is 30.3 Å². The van der Waals surface area contributed by atoms with Crippen LogP contribution in [0.1, 0.15) is 41.0 Å². The van der Waals surface area contributed by atoms with Crippen molar-refractivity contribution in [3.8, 4) is 16.6 Å². The summed E-state index contributed by atoms with van der Waals surface area (Å²) in [5, 5.41) is 14.3. The molecule has 1 aliphatic rings. The van der Waals surface area contributed by atoms with Crippen molar-refractivity contribution in [1.82, 2.24) is 15.6 Å². The van der Waals surface area contributed by atoms with Crippen LogP contribution in [0.5, 0.6) is 0 Å². The first kappa shape index (κ1) is 19.1. The number of nitriles is 1. The Kier molecular flexibility index (Phi) is 6.20. The molecule has 0 saturated heterocycles. The minimum Gasteiger partial charge on any atom is -0.348 e. The molecular formula is C20H22N4O2S. The highest BCUT2D eigenvalue weighted by molar-refractivity contribution is 7.17. The zero-order valence-electron chi connectivity index (χ0n) is 15.2. The number of aryl methyl sites for hydroxylation is 1. The second kappa shape index (κ2) is 8.78. The lowest BCUT2D eigenvalue weighted by molar-refractivity contribution is -0.126. The van der Waals surface area contributed by atoms with Crippen molar-refractivity contribution in [3.05, 3.63) is 40.9 Å². The van der Waals surface area contributed by atoms with E-state index in [0.717, 1.165) is 41.9 Å². The predicted octanol–water partition coefficient (Wildman–Crippen LogP) is 3.05. The van der Waals surface area contributed by atoms with Crippen molar-refractivity contribution in [1.29, 1.82) is 5.26 Å². The summed E-state index contributed by atoms with van der Waals surface area (Å²) >= 11 is 1.40. The number of hydrogen-bond acceptors (Lipinski definition) is 5. The smallest absolute Gasteiger partial charge is 0.261 e. The molecule has 0 spiro atoms. The van der Waals surface area contributed by atoms with Gasteiger partial charge >= 0.3 is 0 Å². The van der Waals surface area contributed by atoms with Crippen molar-refractivity contribution in [3.63, 3.8) is 0 Å². The quantitative estimate of drug-likeness (QED) is 0.777. The molecule has 140 valence electrons. The molecular weight excluding hydrogens is 360 g/mol. The van der Waals surface area contributed by atoms with Crippen molar-refractivity contribution < 1.29 is 9.59 Å². The van der Waals surface area contributed by atoms with Gasteiger partial charge in [0.15, 0.2) is 0 Å². The molecule has 2 amide bonds. The van der Waals surface area contributed by atoms with E-state index in [0.29, 0.717) is 4.88 Å². The molecule has 0 unspecified atom stereocenters. The van der Waals surface area contributed by atoms with Gasteiger partial charge in [-0.2, -0.15) is 5.26 Å². The molecule has 0 aliphatic heterocycles. The molecule has 7 heteroatoms. The molecule has 0 aromatic carbocycles. The van der Waals surface area contributed by atoms with Gasteiger partial charge in [-0.05, 0) is 44.0 Å². The molecule has 1 aliphatic carbocycles. The highest BCUT2D eigenvalue weighted by Crippen LogP contribution is 2.28. The molecule has 2 aromatic rings. The van der Waals surface area contributed by atoms with Gasteiger partial charge in [0.1, 0.15) is 6.54 Å². The second-order valence-corrected chi connectivity index (χ2v) is 7.76. The Labute approximate surface area is 162 Å². The van der Waals surface area contributed by atoms with Crippen LogP contribution in [0.25, 0.3) is 10.6 Å². The number of hydrogen-bond donors (Lipinski definition) is 2. The number of aromatic nitrogens is 1. The van der Waals surface area contributed by atoms with Crippen molar-refractivity contribution in [2.75, 3.05) is 6.54 Å². The number of rotatable bonds is 5. The first-order valence-electron chi connectivity index (χ1n) is 9.08. The standard InChI is InChI=1S/C20H22N4O2S/c1-13-5-4-8-16(23-13)17-9-10-18(27-17)20(26)24-15-7-3-2-6-14(15)19(25)22-12-11-21/h4-5,8-10,14-15H,2-3,6-7,12H2,1H3,(H,22,25)(H,24,26)/t14-,15+/m1/s1. The molecule has 2 heterocycles. The van der Waals surface area contributed by atoms with E-state index in [9.17, 15) is 9.59 Å². The Morgan fingerprint density at radius 2 is 2.07 bits per heavy atom. The van der Waals surface area contributed by atoms with E-state index in [4.69, 9.17) is 5.26 Å². The maximum absolute atomic E-state index is 12.7. The lowest BCUT2D eigenvalue weighted by Crippen LogP contribution is -2.48. The summed E-state index contributed by atoms with van der Waals surface area (Å²) < 4.78 is 0. The van der Waals surface area contributed by atoms with Crippen LogP contribution in [0.2, 0.25) is 0 Å². The SMILES string of the molecule is Cc1cccc(-c2ccc(C(=O)N[C@H]3CCCC[C@H]3C(=O)NCC#N)s2)n1. The first-order chi connectivity index (χ1) is 13.1. The van der Waals surface area contributed by atoms with Gasteiger partial charge in [0.2, 0.25) is 5.91 Å². The summed E-state index contributed by atoms with van der Waals surface area (Å²) in [6.45, 7) is 1.93. The average molecular weight is 382 g/mol. The van der Waals surface area contributed by atoms with Gasteiger partial charge < -0.3 is 10.6 Å². The van der Waals surface area contributed by atoms with Crippen LogP contribution in [0, 0.1) is 24.2 Å². The van der Waals surface area contributed by atoms with E-state index < -0.39 is 0 Å². The van der Waals surface area contributed by atoms with Gasteiger partial charge in [0.25, 0.3) is 5.91 Å². The molecule has 0 radical (unpaired) electrons. The zero-order valence-corrected chi connectivity index (χ0v) is 16.0. The minimum atomic E-state index is -0.283. The van der Waals surface area contributed by atoms with Gasteiger partial charge in [0.05, 0.1) is 27.4 Å². The van der Waals surface area contributed by atoms with Gasteiger partial charge in [-0.15, -0.1) is 11.3 Å². The van der Waals surface area contributed by atoms with E-state index in [1.807, 2.05) is 37.3 Å². The number of carbonyl (C=O) groups is 2. The van der Waals surface area contributed by atoms with Crippen LogP contribution in [-0.4, -0.2) is 29.4 Å². The van der Waals surface area contributed by atoms with Gasteiger partial charge in [-0.25, -0.2) is 0 Å². The third kappa shape index (κ3) is 4.72. The number of thiophene rings is 1. The normalized spacial score (nSPS) is 19.1. The maximum Gasteiger partial charge on any atom is 0.261 e. The van der Waals surface area contributed by atoms with Crippen LogP contribution in [0.4, 0.5) is 0 Å². The van der Waals surface area contributed by atoms with Crippen LogP contribution >= 0.6 is 11.3 Å². The Bertz CT molecular complexity index is 871. The fraction of sp³-hybridized carbons (Fsp3) is 0.400. The number of pyridine rings is 1. The molecule has 0 bridgehead atoms. The average Bonchev–Trinajstić information content (AvgIpc) is 3.17. The largest absolute Gasteiger partial charge is 0.348 e. The molecule has 1 fully saturated rings. The van der Waals surface area contributed by atoms with E-state index in [1.54, 1.807) is 6.07 Å². The third-order valence-corrected chi connectivity index (χ3v) is 5.84. The predicted molar refractivity (Wildman–Crippen MR) is 104 cm³/mol. The Morgan fingerprint density at radius 1 is 1.26 bits per heavy atom. The lowest BCUT2D eigenvalue weighted by Gasteiger charge is -2.30. The van der Waals surface area contributed by atoms with Gasteiger partial charge in [0, 0.05) is 11.7 Å². The van der Waals surface area contributed by atoms with Gasteiger partial charge in [-0.3, -0.25) is 14.6 Å². The Hall–Kier alpha value is -2.72. The number of nitrogens with one attached hydrogen (secondary N) is 2. The monoisotopic (exact) mass is 382 g/mol. The zero-order chi connectivity index (χ0) is 19.2. The first-order valence-corrected chi connectivity index (χ1v) is 9.89. The minimum absolute atomic E-state index is 0.00617. The Morgan fingerprint density at radius 3 is 2.85 bits per heavy atom. The summed E-state index contributed by atoms with van der Waals surface area (Å²) in [6.07, 6.45) is 3.44. The number of carbonyl (C=O) groups excluding carboxylic acids is 2. The summed E-state index contributed by atoms with van der Waals surface area (Å²) in [4.78, 5) is 31.0. The molecule has 6 nitrogen and oxygen atoms in total. The topological polar surface area (TPSA) is 94.9 Å². The van der Waals surface area contributed by atoms with Crippen molar-refractivity contribution in [2.45, 2.75) is 38.6 Å². The second-order valence-electron chi connectivity index (χ2n) is 6.67. The summed E-state index contributed by atoms with van der Waals surface area (Å²) in [5.41, 5.74) is 1.78. The van der Waals surface area contributed by atoms with Crippen LogP contribution < -0.4 is 10.6 Å². The lowest BCUT2D eigenvalue weighted by atomic mass is 9.83. The maximum atomic E-state index is 12.7. The van der Waals surface area contributed by atoms with E-state index >= 15 is 0 Å². The van der Waals surface area contributed by atoms with E-state index in [-0.39, 0.29) is 30.3 Å². The van der Waals surface area contributed by atoms with E-state index in [1.165, 1.54) is 11.3 Å². The fourth-order valence-electron chi connectivity index (χ4n) is 3.39. The van der Waals surface area contributed by atoms with Gasteiger partial charge in [-0.1, -0.05) is 18.9 Å². The molecule has 1 saturated carbocycles. The van der Waals surface area contributed by atoms with Crippen LogP contribution in [0.3, 0.4) is 0 Å². The molecule has 3 rings (SSSR count). The Balaban J connectivity index is 1.69. The van der Waals surface area contributed by atoms with Crippen LogP contribution in [-0.2, 0) is 4.79 Å². The number of amides is 2. The molecule has 27 heavy (non-hydrogen) atoms. The highest BCUT2D eigenvalue weighted by Gasteiger charge is 2.32. The van der Waals surface area contributed by atoms with Crippen molar-refractivity contribution in [2.24, 2.45) is 5.92 Å².